The van der Waals surface area contributed by atoms with E-state index in [2.05, 4.69) is 0 Å². The molecule has 2 atom stereocenters. The van der Waals surface area contributed by atoms with E-state index in [4.69, 9.17) is 15.2 Å². The highest BCUT2D eigenvalue weighted by Gasteiger charge is 2.31. The minimum atomic E-state index is -0.738. The van der Waals surface area contributed by atoms with Crippen molar-refractivity contribution >= 4 is 11.4 Å². The van der Waals surface area contributed by atoms with E-state index < -0.39 is 12.2 Å². The van der Waals surface area contributed by atoms with E-state index >= 15 is 0 Å². The third-order valence-corrected chi connectivity index (χ3v) is 3.29. The Bertz CT molecular complexity index is 456. The van der Waals surface area contributed by atoms with Gasteiger partial charge in [0.05, 0.1) is 23.6 Å². The standard InChI is InChI=1S/C12H16N2O4/c13-7-3-11-12(18-2-1-17-11)4-8(7)14-5-9(15)10(16)6-14/h3-4,9-10,15-16H,1-2,5-6,13H2. The Morgan fingerprint density at radius 2 is 1.61 bits per heavy atom. The molecule has 0 saturated carbocycles. The molecule has 1 fully saturated rings. The highest BCUT2D eigenvalue weighted by atomic mass is 16.6. The second kappa shape index (κ2) is 4.22. The van der Waals surface area contributed by atoms with E-state index in [1.54, 1.807) is 12.1 Å². The van der Waals surface area contributed by atoms with Crippen LogP contribution in [0.25, 0.3) is 0 Å². The van der Waals surface area contributed by atoms with Gasteiger partial charge < -0.3 is 30.3 Å². The maximum absolute atomic E-state index is 9.57. The number of aliphatic hydroxyl groups excluding tert-OH is 2. The summed E-state index contributed by atoms with van der Waals surface area (Å²) in [6, 6.07) is 3.52. The second-order valence-corrected chi connectivity index (χ2v) is 4.59. The molecule has 1 saturated heterocycles. The molecule has 3 rings (SSSR count). The minimum absolute atomic E-state index is 0.366. The number of anilines is 2. The van der Waals surface area contributed by atoms with Crippen LogP contribution in [0.4, 0.5) is 11.4 Å². The summed E-state index contributed by atoms with van der Waals surface area (Å²) in [4.78, 5) is 1.85. The second-order valence-electron chi connectivity index (χ2n) is 4.59. The van der Waals surface area contributed by atoms with Crippen LogP contribution in [0.3, 0.4) is 0 Å². The smallest absolute Gasteiger partial charge is 0.163 e. The highest BCUT2D eigenvalue weighted by molar-refractivity contribution is 5.73. The number of benzene rings is 1. The molecule has 6 heteroatoms. The zero-order valence-electron chi connectivity index (χ0n) is 9.87. The molecule has 2 unspecified atom stereocenters. The molecule has 1 aromatic rings. The summed E-state index contributed by atoms with van der Waals surface area (Å²) in [5.41, 5.74) is 7.29. The maximum Gasteiger partial charge on any atom is 0.163 e. The van der Waals surface area contributed by atoms with Gasteiger partial charge >= 0.3 is 0 Å². The van der Waals surface area contributed by atoms with Gasteiger partial charge in [-0.25, -0.2) is 0 Å². The van der Waals surface area contributed by atoms with Crippen LogP contribution < -0.4 is 20.1 Å². The molecule has 0 aromatic heterocycles. The molecule has 2 aliphatic rings. The number of fused-ring (bicyclic) bond motifs is 1. The third-order valence-electron chi connectivity index (χ3n) is 3.29. The summed E-state index contributed by atoms with van der Waals surface area (Å²) in [5.74, 6) is 1.30. The van der Waals surface area contributed by atoms with E-state index in [0.29, 0.717) is 43.5 Å². The van der Waals surface area contributed by atoms with E-state index in [0.717, 1.165) is 5.69 Å². The van der Waals surface area contributed by atoms with Crippen LogP contribution in [0, 0.1) is 0 Å². The lowest BCUT2D eigenvalue weighted by molar-refractivity contribution is 0.0572. The van der Waals surface area contributed by atoms with E-state index in [-0.39, 0.29) is 0 Å². The number of aliphatic hydroxyl groups is 2. The van der Waals surface area contributed by atoms with Gasteiger partial charge in [-0.05, 0) is 0 Å². The van der Waals surface area contributed by atoms with E-state index in [9.17, 15) is 10.2 Å². The molecule has 0 spiro atoms. The lowest BCUT2D eigenvalue weighted by Gasteiger charge is -2.24. The fourth-order valence-corrected chi connectivity index (χ4v) is 2.33. The SMILES string of the molecule is Nc1cc2c(cc1N1CC(O)C(O)C1)OCCO2. The molecular formula is C12H16N2O4. The number of hydrogen-bond acceptors (Lipinski definition) is 6. The van der Waals surface area contributed by atoms with Gasteiger partial charge in [0.2, 0.25) is 0 Å². The van der Waals surface area contributed by atoms with Crippen molar-refractivity contribution in [1.29, 1.82) is 0 Å². The average Bonchev–Trinajstić information content (AvgIpc) is 2.68. The van der Waals surface area contributed by atoms with Gasteiger partial charge in [-0.3, -0.25) is 0 Å². The van der Waals surface area contributed by atoms with Crippen LogP contribution >= 0.6 is 0 Å². The minimum Gasteiger partial charge on any atom is -0.486 e. The topological polar surface area (TPSA) is 88.2 Å². The quantitative estimate of drug-likeness (QED) is 0.588. The van der Waals surface area contributed by atoms with Gasteiger partial charge in [0.25, 0.3) is 0 Å². The monoisotopic (exact) mass is 252 g/mol. The Hall–Kier alpha value is -1.66. The molecule has 0 amide bonds. The molecule has 0 aliphatic carbocycles. The zero-order valence-corrected chi connectivity index (χ0v) is 9.87. The number of nitrogens with two attached hydrogens (primary N) is 1. The number of rotatable bonds is 1. The van der Waals surface area contributed by atoms with Crippen molar-refractivity contribution in [3.8, 4) is 11.5 Å². The van der Waals surface area contributed by atoms with Gasteiger partial charge in [0.15, 0.2) is 11.5 Å². The van der Waals surface area contributed by atoms with Crippen LogP contribution in [0.5, 0.6) is 11.5 Å². The van der Waals surface area contributed by atoms with E-state index in [1.807, 2.05) is 4.90 Å². The van der Waals surface area contributed by atoms with Crippen molar-refractivity contribution in [2.45, 2.75) is 12.2 Å². The molecule has 18 heavy (non-hydrogen) atoms. The zero-order chi connectivity index (χ0) is 12.7. The van der Waals surface area contributed by atoms with Gasteiger partial charge in [-0.1, -0.05) is 0 Å². The van der Waals surface area contributed by atoms with Crippen molar-refractivity contribution in [1.82, 2.24) is 0 Å². The third kappa shape index (κ3) is 1.83. The summed E-state index contributed by atoms with van der Waals surface area (Å²) >= 11 is 0. The first-order valence-corrected chi connectivity index (χ1v) is 5.95. The maximum atomic E-state index is 9.57. The number of nitrogens with zero attached hydrogens (tertiary/aromatic N) is 1. The fraction of sp³-hybridized carbons (Fsp3) is 0.500. The van der Waals surface area contributed by atoms with Crippen LogP contribution in [-0.2, 0) is 0 Å². The Labute approximate surface area is 105 Å². The first kappa shape index (κ1) is 11.4. The normalized spacial score (nSPS) is 26.4. The van der Waals surface area contributed by atoms with Crippen molar-refractivity contribution in [3.05, 3.63) is 12.1 Å². The largest absolute Gasteiger partial charge is 0.486 e. The van der Waals surface area contributed by atoms with Crippen molar-refractivity contribution < 1.29 is 19.7 Å². The first-order chi connectivity index (χ1) is 8.65. The van der Waals surface area contributed by atoms with Gasteiger partial charge in [-0.2, -0.15) is 0 Å². The van der Waals surface area contributed by atoms with Crippen LogP contribution in [0.1, 0.15) is 0 Å². The molecule has 0 radical (unpaired) electrons. The Balaban J connectivity index is 1.92. The predicted octanol–water partition coefficient (Wildman–Crippen LogP) is -0.418. The first-order valence-electron chi connectivity index (χ1n) is 5.95. The fourth-order valence-electron chi connectivity index (χ4n) is 2.33. The van der Waals surface area contributed by atoms with Crippen LogP contribution in [-0.4, -0.2) is 48.7 Å². The van der Waals surface area contributed by atoms with Crippen molar-refractivity contribution in [2.75, 3.05) is 36.9 Å². The summed E-state index contributed by atoms with van der Waals surface area (Å²) in [7, 11) is 0. The van der Waals surface area contributed by atoms with E-state index in [1.165, 1.54) is 0 Å². The Morgan fingerprint density at radius 1 is 1.06 bits per heavy atom. The molecule has 2 aliphatic heterocycles. The van der Waals surface area contributed by atoms with Crippen molar-refractivity contribution in [2.24, 2.45) is 0 Å². The summed E-state index contributed by atoms with van der Waals surface area (Å²) in [6.07, 6.45) is -1.48. The van der Waals surface area contributed by atoms with Gasteiger partial charge in [0, 0.05) is 25.2 Å². The summed E-state index contributed by atoms with van der Waals surface area (Å²) in [6.45, 7) is 1.77. The summed E-state index contributed by atoms with van der Waals surface area (Å²) < 4.78 is 10.9. The average molecular weight is 252 g/mol. The molecular weight excluding hydrogens is 236 g/mol. The van der Waals surface area contributed by atoms with Gasteiger partial charge in [-0.15, -0.1) is 0 Å². The Morgan fingerprint density at radius 3 is 2.22 bits per heavy atom. The summed E-state index contributed by atoms with van der Waals surface area (Å²) in [5, 5.41) is 19.1. The van der Waals surface area contributed by atoms with Crippen LogP contribution in [0.15, 0.2) is 12.1 Å². The molecule has 98 valence electrons. The van der Waals surface area contributed by atoms with Gasteiger partial charge in [0.1, 0.15) is 13.2 Å². The lowest BCUT2D eigenvalue weighted by atomic mass is 10.2. The predicted molar refractivity (Wildman–Crippen MR) is 66.1 cm³/mol. The number of β-amino-alcohol motifs (C(OH)–C–C–N with tert-alkyl or cyclic N) is 2. The number of nitrogen functional groups attached to an aromatic ring is 1. The van der Waals surface area contributed by atoms with Crippen molar-refractivity contribution in [3.63, 3.8) is 0 Å². The molecule has 2 heterocycles. The highest BCUT2D eigenvalue weighted by Crippen LogP contribution is 2.39. The molecule has 4 N–H and O–H groups in total. The molecule has 6 nitrogen and oxygen atoms in total. The number of hydrogen-bond donors (Lipinski definition) is 3. The molecule has 0 bridgehead atoms. The molecule has 1 aromatic carbocycles. The number of ether oxygens (including phenoxy) is 2. The Kier molecular flexibility index (Phi) is 2.68. The lowest BCUT2D eigenvalue weighted by Crippen LogP contribution is -2.23. The van der Waals surface area contributed by atoms with Crippen LogP contribution in [0.2, 0.25) is 0 Å².